The highest BCUT2D eigenvalue weighted by Crippen LogP contribution is 2.42. The standard InChI is InChI=1S/C19H21O3PS/c1-3-22-18(20)19(2,23-21)17(15-10-6-4-7-11-15)14-24-16-12-8-5-9-13-16/h4-13,17H,3,14H2,1-2H3/p+1. The van der Waals surface area contributed by atoms with Crippen molar-refractivity contribution < 1.29 is 14.1 Å². The minimum absolute atomic E-state index is 0.196. The summed E-state index contributed by atoms with van der Waals surface area (Å²) in [6, 6.07) is 19.8. The normalized spacial score (nSPS) is 14.8. The van der Waals surface area contributed by atoms with Gasteiger partial charge < -0.3 is 4.74 Å². The number of esters is 1. The van der Waals surface area contributed by atoms with E-state index in [0.717, 1.165) is 10.5 Å². The molecule has 5 heteroatoms. The molecule has 0 spiro atoms. The van der Waals surface area contributed by atoms with Crippen molar-refractivity contribution in [2.75, 3.05) is 12.4 Å². The summed E-state index contributed by atoms with van der Waals surface area (Å²) in [4.78, 5) is 13.6. The van der Waals surface area contributed by atoms with E-state index in [1.807, 2.05) is 60.7 Å². The maximum atomic E-state index is 12.5. The van der Waals surface area contributed by atoms with Crippen molar-refractivity contribution in [2.45, 2.75) is 29.8 Å². The first-order valence-corrected chi connectivity index (χ1v) is 9.80. The average Bonchev–Trinajstić information content (AvgIpc) is 2.63. The van der Waals surface area contributed by atoms with E-state index in [4.69, 9.17) is 4.74 Å². The van der Waals surface area contributed by atoms with Crippen LogP contribution in [-0.4, -0.2) is 23.5 Å². The van der Waals surface area contributed by atoms with Crippen LogP contribution in [0.4, 0.5) is 0 Å². The number of ether oxygens (including phenoxy) is 1. The smallest absolute Gasteiger partial charge is 0.361 e. The Labute approximate surface area is 149 Å². The number of rotatable bonds is 8. The van der Waals surface area contributed by atoms with Gasteiger partial charge in [-0.15, -0.1) is 11.8 Å². The molecule has 0 aliphatic heterocycles. The number of benzene rings is 2. The van der Waals surface area contributed by atoms with Gasteiger partial charge in [-0.05, 0) is 31.5 Å². The Morgan fingerprint density at radius 3 is 2.25 bits per heavy atom. The van der Waals surface area contributed by atoms with E-state index >= 15 is 0 Å². The molecule has 0 aliphatic rings. The lowest BCUT2D eigenvalue weighted by molar-refractivity contribution is -0.146. The zero-order valence-corrected chi connectivity index (χ0v) is 15.7. The maximum absolute atomic E-state index is 12.5. The first-order chi connectivity index (χ1) is 11.6. The van der Waals surface area contributed by atoms with Gasteiger partial charge in [-0.25, -0.2) is 4.79 Å². The number of carbonyl (C=O) groups excluding carboxylic acids is 1. The van der Waals surface area contributed by atoms with E-state index in [1.165, 1.54) is 0 Å². The fourth-order valence-electron chi connectivity index (χ4n) is 2.51. The van der Waals surface area contributed by atoms with E-state index in [1.54, 1.807) is 25.6 Å². The zero-order valence-electron chi connectivity index (χ0n) is 13.9. The Hall–Kier alpha value is -1.64. The summed E-state index contributed by atoms with van der Waals surface area (Å²) >= 11 is 1.66. The lowest BCUT2D eigenvalue weighted by Gasteiger charge is -2.25. The largest absolute Gasteiger partial charge is 0.462 e. The molecular formula is C19H22O3PS+. The summed E-state index contributed by atoms with van der Waals surface area (Å²) in [5.74, 6) is 0.0538. The Bertz CT molecular complexity index is 663. The minimum atomic E-state index is -1.06. The molecule has 0 radical (unpaired) electrons. The van der Waals surface area contributed by atoms with Crippen molar-refractivity contribution in [1.29, 1.82) is 0 Å². The Kier molecular flexibility index (Phi) is 7.01. The highest BCUT2D eigenvalue weighted by atomic mass is 32.2. The first kappa shape index (κ1) is 18.7. The van der Waals surface area contributed by atoms with Gasteiger partial charge in [0.25, 0.3) is 5.16 Å². The van der Waals surface area contributed by atoms with E-state index in [0.29, 0.717) is 5.75 Å². The molecule has 24 heavy (non-hydrogen) atoms. The molecular weight excluding hydrogens is 339 g/mol. The summed E-state index contributed by atoms with van der Waals surface area (Å²) in [5.41, 5.74) is 1.000. The van der Waals surface area contributed by atoms with Crippen molar-refractivity contribution in [3.8, 4) is 0 Å². The third-order valence-corrected chi connectivity index (χ3v) is 6.05. The molecule has 2 aromatic rings. The van der Waals surface area contributed by atoms with Crippen LogP contribution in [0.5, 0.6) is 0 Å². The molecule has 0 aromatic heterocycles. The Morgan fingerprint density at radius 2 is 1.71 bits per heavy atom. The van der Waals surface area contributed by atoms with Crippen LogP contribution >= 0.6 is 20.2 Å². The molecule has 3 unspecified atom stereocenters. The summed E-state index contributed by atoms with van der Waals surface area (Å²) in [5, 5.41) is -1.06. The van der Waals surface area contributed by atoms with E-state index in [2.05, 4.69) is 0 Å². The number of hydrogen-bond acceptors (Lipinski definition) is 4. The monoisotopic (exact) mass is 361 g/mol. The molecule has 0 heterocycles. The quantitative estimate of drug-likeness (QED) is 0.381. The SMILES string of the molecule is CCOC(=O)C(C)([PH+]=O)C(CSc1ccccc1)c1ccccc1. The zero-order chi connectivity index (χ0) is 17.4. The molecule has 0 N–H and O–H groups in total. The topological polar surface area (TPSA) is 43.4 Å². The van der Waals surface area contributed by atoms with Crippen LogP contribution < -0.4 is 0 Å². The van der Waals surface area contributed by atoms with Crippen molar-refractivity contribution in [1.82, 2.24) is 0 Å². The van der Waals surface area contributed by atoms with Crippen molar-refractivity contribution in [3.05, 3.63) is 66.2 Å². The fourth-order valence-corrected chi connectivity index (χ4v) is 4.46. The van der Waals surface area contributed by atoms with Crippen LogP contribution in [0.15, 0.2) is 65.6 Å². The van der Waals surface area contributed by atoms with E-state index in [9.17, 15) is 9.36 Å². The van der Waals surface area contributed by atoms with Crippen LogP contribution in [0.1, 0.15) is 25.3 Å². The summed E-state index contributed by atoms with van der Waals surface area (Å²) in [7, 11) is -0.773. The molecule has 0 saturated carbocycles. The average molecular weight is 361 g/mol. The molecule has 0 aliphatic carbocycles. The molecule has 0 amide bonds. The molecule has 0 bridgehead atoms. The van der Waals surface area contributed by atoms with Crippen molar-refractivity contribution in [3.63, 3.8) is 0 Å². The van der Waals surface area contributed by atoms with Crippen LogP contribution in [-0.2, 0) is 14.1 Å². The minimum Gasteiger partial charge on any atom is -0.462 e. The lowest BCUT2D eigenvalue weighted by atomic mass is 9.88. The van der Waals surface area contributed by atoms with Crippen LogP contribution in [0.2, 0.25) is 0 Å². The molecule has 3 atom stereocenters. The summed E-state index contributed by atoms with van der Waals surface area (Å²) in [6.45, 7) is 3.79. The lowest BCUT2D eigenvalue weighted by Crippen LogP contribution is -2.39. The van der Waals surface area contributed by atoms with Gasteiger partial charge in [0.05, 0.1) is 12.5 Å². The summed E-state index contributed by atoms with van der Waals surface area (Å²) < 4.78 is 17.2. The highest BCUT2D eigenvalue weighted by Gasteiger charge is 2.51. The molecule has 3 nitrogen and oxygen atoms in total. The van der Waals surface area contributed by atoms with Crippen LogP contribution in [0.3, 0.4) is 0 Å². The summed E-state index contributed by atoms with van der Waals surface area (Å²) in [6.07, 6.45) is 0. The van der Waals surface area contributed by atoms with Gasteiger partial charge in [0.1, 0.15) is 0 Å². The van der Waals surface area contributed by atoms with Crippen LogP contribution in [0, 0.1) is 0 Å². The van der Waals surface area contributed by atoms with E-state index in [-0.39, 0.29) is 12.5 Å². The Balaban J connectivity index is 2.31. The number of carbonyl (C=O) groups is 1. The maximum Gasteiger partial charge on any atom is 0.361 e. The van der Waals surface area contributed by atoms with Crippen molar-refractivity contribution >= 4 is 26.2 Å². The number of hydrogen-bond donors (Lipinski definition) is 0. The number of thioether (sulfide) groups is 1. The predicted molar refractivity (Wildman–Crippen MR) is 100 cm³/mol. The third kappa shape index (κ3) is 4.46. The highest BCUT2D eigenvalue weighted by molar-refractivity contribution is 7.99. The van der Waals surface area contributed by atoms with E-state index < -0.39 is 19.6 Å². The Morgan fingerprint density at radius 1 is 1.12 bits per heavy atom. The van der Waals surface area contributed by atoms with Crippen LogP contribution in [0.25, 0.3) is 0 Å². The van der Waals surface area contributed by atoms with Gasteiger partial charge >= 0.3 is 14.4 Å². The first-order valence-electron chi connectivity index (χ1n) is 7.91. The molecule has 2 rings (SSSR count). The third-order valence-electron chi connectivity index (χ3n) is 3.97. The second kappa shape index (κ2) is 9.00. The predicted octanol–water partition coefficient (Wildman–Crippen LogP) is 4.91. The van der Waals surface area contributed by atoms with Gasteiger partial charge in [0, 0.05) is 10.6 Å². The van der Waals surface area contributed by atoms with Gasteiger partial charge in [0.15, 0.2) is 0 Å². The molecule has 0 fully saturated rings. The second-order valence-corrected chi connectivity index (χ2v) is 7.95. The van der Waals surface area contributed by atoms with Gasteiger partial charge in [-0.2, -0.15) is 0 Å². The van der Waals surface area contributed by atoms with Gasteiger partial charge in [0.2, 0.25) is 0 Å². The van der Waals surface area contributed by atoms with Crippen molar-refractivity contribution in [2.24, 2.45) is 0 Å². The fraction of sp³-hybridized carbons (Fsp3) is 0.316. The van der Waals surface area contributed by atoms with Gasteiger partial charge in [-0.3, -0.25) is 0 Å². The molecule has 0 saturated heterocycles. The molecule has 2 aromatic carbocycles. The molecule has 126 valence electrons. The van der Waals surface area contributed by atoms with Gasteiger partial charge in [-0.1, -0.05) is 53.1 Å². The second-order valence-electron chi connectivity index (χ2n) is 5.61.